The molecule has 1 aromatic heterocycles. The lowest BCUT2D eigenvalue weighted by molar-refractivity contribution is -0.385. The minimum absolute atomic E-state index is 0.0374. The van der Waals surface area contributed by atoms with Crippen LogP contribution >= 0.6 is 15.9 Å². The van der Waals surface area contributed by atoms with Gasteiger partial charge in [0.2, 0.25) is 0 Å². The Kier molecular flexibility index (Phi) is 4.63. The van der Waals surface area contributed by atoms with Crippen LogP contribution < -0.4 is 11.1 Å². The molecule has 1 atom stereocenters. The molecule has 16 heavy (non-hydrogen) atoms. The fourth-order valence-electron chi connectivity index (χ4n) is 1.08. The van der Waals surface area contributed by atoms with Crippen LogP contribution in [0.4, 0.5) is 11.5 Å². The zero-order chi connectivity index (χ0) is 12.1. The van der Waals surface area contributed by atoms with Crippen molar-refractivity contribution in [3.05, 3.63) is 26.9 Å². The zero-order valence-corrected chi connectivity index (χ0v) is 10.4. The maximum Gasteiger partial charge on any atom is 0.288 e. The number of nitrogens with zero attached hydrogens (tertiary/aromatic N) is 2. The average molecular weight is 289 g/mol. The average Bonchev–Trinajstić information content (AvgIpc) is 2.19. The van der Waals surface area contributed by atoms with Crippen molar-refractivity contribution in [1.82, 2.24) is 4.98 Å². The number of hydrogen-bond donors (Lipinski definition) is 2. The summed E-state index contributed by atoms with van der Waals surface area (Å²) < 4.78 is 0.575. The van der Waals surface area contributed by atoms with Gasteiger partial charge in [0.25, 0.3) is 5.69 Å². The van der Waals surface area contributed by atoms with Gasteiger partial charge in [0.1, 0.15) is 12.0 Å². The van der Waals surface area contributed by atoms with Gasteiger partial charge in [-0.2, -0.15) is 0 Å². The number of nitrogens with two attached hydrogens (primary N) is 1. The molecule has 0 radical (unpaired) electrons. The number of hydrogen-bond acceptors (Lipinski definition) is 5. The van der Waals surface area contributed by atoms with E-state index in [2.05, 4.69) is 26.2 Å². The molecule has 6 nitrogen and oxygen atoms in total. The fourth-order valence-corrected chi connectivity index (χ4v) is 1.55. The highest BCUT2D eigenvalue weighted by Gasteiger charge is 2.10. The minimum Gasteiger partial charge on any atom is -0.369 e. The highest BCUT2D eigenvalue weighted by atomic mass is 79.9. The monoisotopic (exact) mass is 288 g/mol. The van der Waals surface area contributed by atoms with Gasteiger partial charge < -0.3 is 11.1 Å². The summed E-state index contributed by atoms with van der Waals surface area (Å²) in [6.45, 7) is 2.60. The lowest BCUT2D eigenvalue weighted by Crippen LogP contribution is -2.19. The topological polar surface area (TPSA) is 94.1 Å². The molecule has 7 heteroatoms. The molecule has 0 aliphatic heterocycles. The lowest BCUT2D eigenvalue weighted by atomic mass is 10.2. The maximum absolute atomic E-state index is 10.5. The van der Waals surface area contributed by atoms with Crippen molar-refractivity contribution in [2.75, 3.05) is 11.9 Å². The summed E-state index contributed by atoms with van der Waals surface area (Å²) in [4.78, 5) is 13.9. The van der Waals surface area contributed by atoms with Gasteiger partial charge in [-0.3, -0.25) is 10.1 Å². The van der Waals surface area contributed by atoms with Crippen LogP contribution in [-0.4, -0.2) is 22.5 Å². The molecule has 1 unspecified atom stereocenters. The van der Waals surface area contributed by atoms with Gasteiger partial charge in [-0.15, -0.1) is 0 Å². The van der Waals surface area contributed by atoms with Gasteiger partial charge >= 0.3 is 0 Å². The van der Waals surface area contributed by atoms with E-state index in [4.69, 9.17) is 5.73 Å². The van der Waals surface area contributed by atoms with Crippen LogP contribution in [-0.2, 0) is 0 Å². The summed E-state index contributed by atoms with van der Waals surface area (Å²) in [7, 11) is 0. The van der Waals surface area contributed by atoms with Crippen molar-refractivity contribution < 1.29 is 4.92 Å². The van der Waals surface area contributed by atoms with Crippen LogP contribution in [0.15, 0.2) is 16.7 Å². The lowest BCUT2D eigenvalue weighted by Gasteiger charge is -2.08. The van der Waals surface area contributed by atoms with Crippen molar-refractivity contribution in [2.45, 2.75) is 19.4 Å². The van der Waals surface area contributed by atoms with Crippen molar-refractivity contribution >= 4 is 27.4 Å². The Bertz CT molecular complexity index is 384. The molecule has 1 heterocycles. The molecule has 0 fully saturated rings. The number of aromatic nitrogens is 1. The minimum atomic E-state index is -0.483. The molecule has 3 N–H and O–H groups in total. The summed E-state index contributed by atoms with van der Waals surface area (Å²) in [6.07, 6.45) is 2.03. The predicted molar refractivity (Wildman–Crippen MR) is 65.3 cm³/mol. The van der Waals surface area contributed by atoms with Crippen LogP contribution in [0.5, 0.6) is 0 Å². The van der Waals surface area contributed by atoms with Crippen LogP contribution in [0.2, 0.25) is 0 Å². The van der Waals surface area contributed by atoms with E-state index in [0.29, 0.717) is 16.8 Å². The number of anilines is 1. The van der Waals surface area contributed by atoms with E-state index in [-0.39, 0.29) is 11.7 Å². The first-order valence-electron chi connectivity index (χ1n) is 4.80. The second kappa shape index (κ2) is 5.76. The summed E-state index contributed by atoms with van der Waals surface area (Å²) in [6, 6.07) is 1.53. The molecule has 0 saturated carbocycles. The smallest absolute Gasteiger partial charge is 0.288 e. The number of rotatable bonds is 5. The molecule has 0 amide bonds. The van der Waals surface area contributed by atoms with Crippen molar-refractivity contribution in [3.8, 4) is 0 Å². The third-order valence-corrected chi connectivity index (χ3v) is 2.53. The Labute approximate surface area is 102 Å². The number of nitro groups is 1. The van der Waals surface area contributed by atoms with Crippen LogP contribution in [0.25, 0.3) is 0 Å². The summed E-state index contributed by atoms with van der Waals surface area (Å²) in [5.41, 5.74) is 5.56. The molecule has 0 aliphatic rings. The van der Waals surface area contributed by atoms with E-state index in [1.165, 1.54) is 12.3 Å². The molecule has 0 spiro atoms. The first-order chi connectivity index (χ1) is 7.50. The van der Waals surface area contributed by atoms with E-state index in [0.717, 1.165) is 6.42 Å². The molecule has 88 valence electrons. The maximum atomic E-state index is 10.5. The quantitative estimate of drug-likeness (QED) is 0.637. The summed E-state index contributed by atoms with van der Waals surface area (Å²) >= 11 is 3.22. The summed E-state index contributed by atoms with van der Waals surface area (Å²) in [5, 5.41) is 13.5. The highest BCUT2D eigenvalue weighted by Crippen LogP contribution is 2.24. The van der Waals surface area contributed by atoms with Gasteiger partial charge in [0.15, 0.2) is 0 Å². The number of pyridine rings is 1. The third kappa shape index (κ3) is 3.74. The summed E-state index contributed by atoms with van der Waals surface area (Å²) in [5.74, 6) is 0.589. The van der Waals surface area contributed by atoms with Crippen LogP contribution in [0.3, 0.4) is 0 Å². The van der Waals surface area contributed by atoms with E-state index in [9.17, 15) is 10.1 Å². The molecule has 0 bridgehead atoms. The molecular formula is C9H13BrN4O2. The molecule has 0 saturated heterocycles. The van der Waals surface area contributed by atoms with E-state index in [1.54, 1.807) is 0 Å². The molecule has 0 aliphatic carbocycles. The van der Waals surface area contributed by atoms with Gasteiger partial charge in [-0.1, -0.05) is 0 Å². The second-order valence-electron chi connectivity index (χ2n) is 3.47. The van der Waals surface area contributed by atoms with Crippen LogP contribution in [0, 0.1) is 10.1 Å². The molecular weight excluding hydrogens is 276 g/mol. The molecule has 0 aromatic carbocycles. The Hall–Kier alpha value is -1.21. The Morgan fingerprint density at radius 1 is 1.75 bits per heavy atom. The predicted octanol–water partition coefficient (Wildman–Crippen LogP) is 1.90. The zero-order valence-electron chi connectivity index (χ0n) is 8.81. The second-order valence-corrected chi connectivity index (χ2v) is 4.33. The Morgan fingerprint density at radius 2 is 2.44 bits per heavy atom. The number of halogens is 1. The highest BCUT2D eigenvalue weighted by molar-refractivity contribution is 9.10. The number of nitrogens with one attached hydrogen (secondary N) is 1. The van der Waals surface area contributed by atoms with Gasteiger partial charge in [0.05, 0.1) is 9.40 Å². The van der Waals surface area contributed by atoms with E-state index >= 15 is 0 Å². The first-order valence-corrected chi connectivity index (χ1v) is 5.59. The van der Waals surface area contributed by atoms with E-state index in [1.807, 2.05) is 6.92 Å². The third-order valence-electron chi connectivity index (χ3n) is 1.93. The SMILES string of the molecule is CC(N)CCNc1ncc([N+](=O)[O-])cc1Br. The standard InChI is InChI=1S/C9H13BrN4O2/c1-6(11)2-3-12-9-8(10)4-7(5-13-9)14(15)16/h4-6H,2-3,11H2,1H3,(H,12,13). The molecule has 1 rings (SSSR count). The van der Waals surface area contributed by atoms with Gasteiger partial charge in [-0.25, -0.2) is 4.98 Å². The van der Waals surface area contributed by atoms with Crippen molar-refractivity contribution in [2.24, 2.45) is 5.73 Å². The van der Waals surface area contributed by atoms with Crippen molar-refractivity contribution in [1.29, 1.82) is 0 Å². The normalized spacial score (nSPS) is 12.2. The Morgan fingerprint density at radius 3 is 2.94 bits per heavy atom. The Balaban J connectivity index is 2.64. The first kappa shape index (κ1) is 12.9. The largest absolute Gasteiger partial charge is 0.369 e. The van der Waals surface area contributed by atoms with E-state index < -0.39 is 4.92 Å². The molecule has 1 aromatic rings. The van der Waals surface area contributed by atoms with Gasteiger partial charge in [0, 0.05) is 18.7 Å². The van der Waals surface area contributed by atoms with Crippen LogP contribution in [0.1, 0.15) is 13.3 Å². The fraction of sp³-hybridized carbons (Fsp3) is 0.444. The van der Waals surface area contributed by atoms with Crippen molar-refractivity contribution in [3.63, 3.8) is 0 Å². The van der Waals surface area contributed by atoms with Gasteiger partial charge in [-0.05, 0) is 29.3 Å².